The minimum absolute atomic E-state index is 0.212. The Morgan fingerprint density at radius 3 is 2.27 bits per heavy atom. The van der Waals surface area contributed by atoms with Crippen LogP contribution >= 0.6 is 0 Å². The Morgan fingerprint density at radius 2 is 2.00 bits per heavy atom. The van der Waals surface area contributed by atoms with Crippen molar-refractivity contribution in [3.05, 3.63) is 0 Å². The average molecular weight is 157 g/mol. The molecule has 0 bridgehead atoms. The largest absolute Gasteiger partial charge is 0.330 e. The molecule has 0 aromatic rings. The lowest BCUT2D eigenvalue weighted by Crippen LogP contribution is -2.52. The van der Waals surface area contributed by atoms with E-state index < -0.39 is 5.67 Å². The number of nitrogens with two attached hydrogens (primary N) is 1. The predicted molar refractivity (Wildman–Crippen MR) is 43.0 cm³/mol. The van der Waals surface area contributed by atoms with Gasteiger partial charge in [-0.3, -0.25) is 0 Å². The molecule has 0 radical (unpaired) electrons. The fourth-order valence-corrected chi connectivity index (χ4v) is 2.71. The summed E-state index contributed by atoms with van der Waals surface area (Å²) < 4.78 is 13.2. The van der Waals surface area contributed by atoms with Gasteiger partial charge in [-0.15, -0.1) is 0 Å². The molecule has 2 saturated carbocycles. The lowest BCUT2D eigenvalue weighted by atomic mass is 9.58. The Bertz CT molecular complexity index is 164. The van der Waals surface area contributed by atoms with Crippen LogP contribution in [0.5, 0.6) is 0 Å². The number of hydrogen-bond acceptors (Lipinski definition) is 1. The minimum atomic E-state index is -0.901. The van der Waals surface area contributed by atoms with Crippen LogP contribution in [0.3, 0.4) is 0 Å². The Kier molecular flexibility index (Phi) is 1.35. The first kappa shape index (κ1) is 7.53. The molecule has 0 aromatic carbocycles. The molecule has 2 aliphatic rings. The Hall–Kier alpha value is -0.110. The first-order valence-corrected chi connectivity index (χ1v) is 4.47. The molecule has 0 aromatic heterocycles. The normalized spacial score (nSPS) is 50.5. The maximum absolute atomic E-state index is 13.2. The lowest BCUT2D eigenvalue weighted by molar-refractivity contribution is -0.0628. The van der Waals surface area contributed by atoms with Crippen LogP contribution in [-0.4, -0.2) is 12.2 Å². The molecule has 0 atom stereocenters. The van der Waals surface area contributed by atoms with Crippen LogP contribution in [0.15, 0.2) is 0 Å². The van der Waals surface area contributed by atoms with Crippen molar-refractivity contribution >= 4 is 0 Å². The van der Waals surface area contributed by atoms with E-state index in [4.69, 9.17) is 5.73 Å². The van der Waals surface area contributed by atoms with E-state index in [1.54, 1.807) is 6.92 Å². The molecular formula is C9H16FN. The highest BCUT2D eigenvalue weighted by molar-refractivity contribution is 5.09. The second-order valence-electron chi connectivity index (χ2n) is 4.61. The smallest absolute Gasteiger partial charge is 0.109 e. The molecule has 1 nitrogen and oxygen atoms in total. The molecule has 2 fully saturated rings. The number of halogens is 1. The Labute approximate surface area is 67.2 Å². The lowest BCUT2D eigenvalue weighted by Gasteiger charge is -2.50. The van der Waals surface area contributed by atoms with Crippen LogP contribution in [-0.2, 0) is 0 Å². The van der Waals surface area contributed by atoms with E-state index in [0.717, 1.165) is 5.92 Å². The van der Waals surface area contributed by atoms with E-state index in [1.165, 1.54) is 12.8 Å². The van der Waals surface area contributed by atoms with Gasteiger partial charge in [0.1, 0.15) is 5.67 Å². The average Bonchev–Trinajstić information content (AvgIpc) is 2.62. The third-order valence-corrected chi connectivity index (χ3v) is 3.29. The van der Waals surface area contributed by atoms with E-state index in [0.29, 0.717) is 19.4 Å². The fraction of sp³-hybridized carbons (Fsp3) is 1.00. The van der Waals surface area contributed by atoms with Gasteiger partial charge in [-0.2, -0.15) is 0 Å². The van der Waals surface area contributed by atoms with Crippen molar-refractivity contribution in [3.63, 3.8) is 0 Å². The van der Waals surface area contributed by atoms with Crippen LogP contribution in [0.1, 0.15) is 32.6 Å². The molecule has 2 N–H and O–H groups in total. The monoisotopic (exact) mass is 157 g/mol. The molecule has 11 heavy (non-hydrogen) atoms. The summed E-state index contributed by atoms with van der Waals surface area (Å²) in [6.45, 7) is 2.39. The summed E-state index contributed by atoms with van der Waals surface area (Å²) in [6, 6.07) is 0. The summed E-state index contributed by atoms with van der Waals surface area (Å²) in [6.07, 6.45) is 3.99. The summed E-state index contributed by atoms with van der Waals surface area (Å²) in [5.74, 6) is 0.760. The highest BCUT2D eigenvalue weighted by atomic mass is 19.1. The SMILES string of the molecule is CC1(F)CC(CN)(C2CC2)C1. The van der Waals surface area contributed by atoms with Gasteiger partial charge in [0, 0.05) is 0 Å². The molecule has 0 saturated heterocycles. The maximum atomic E-state index is 13.2. The molecule has 2 rings (SSSR count). The van der Waals surface area contributed by atoms with Gasteiger partial charge in [-0.25, -0.2) is 4.39 Å². The van der Waals surface area contributed by atoms with Crippen LogP contribution in [0, 0.1) is 11.3 Å². The Morgan fingerprint density at radius 1 is 1.45 bits per heavy atom. The van der Waals surface area contributed by atoms with Crippen LogP contribution < -0.4 is 5.73 Å². The van der Waals surface area contributed by atoms with E-state index in [1.807, 2.05) is 0 Å². The van der Waals surface area contributed by atoms with E-state index in [9.17, 15) is 4.39 Å². The third kappa shape index (κ3) is 1.08. The third-order valence-electron chi connectivity index (χ3n) is 3.29. The van der Waals surface area contributed by atoms with Crippen molar-refractivity contribution < 1.29 is 4.39 Å². The van der Waals surface area contributed by atoms with Crippen LogP contribution in [0.2, 0.25) is 0 Å². The maximum Gasteiger partial charge on any atom is 0.109 e. The summed E-state index contributed by atoms with van der Waals surface area (Å²) in [4.78, 5) is 0. The van der Waals surface area contributed by atoms with Crippen molar-refractivity contribution in [2.45, 2.75) is 38.3 Å². The minimum Gasteiger partial charge on any atom is -0.330 e. The number of alkyl halides is 1. The molecule has 0 heterocycles. The topological polar surface area (TPSA) is 26.0 Å². The van der Waals surface area contributed by atoms with Crippen molar-refractivity contribution in [2.24, 2.45) is 17.1 Å². The zero-order valence-corrected chi connectivity index (χ0v) is 7.07. The quantitative estimate of drug-likeness (QED) is 0.650. The zero-order valence-electron chi connectivity index (χ0n) is 7.07. The van der Waals surface area contributed by atoms with Crippen molar-refractivity contribution in [1.29, 1.82) is 0 Å². The molecule has 0 amide bonds. The van der Waals surface area contributed by atoms with Crippen molar-refractivity contribution in [2.75, 3.05) is 6.54 Å². The highest BCUT2D eigenvalue weighted by Gasteiger charge is 2.58. The van der Waals surface area contributed by atoms with Gasteiger partial charge in [0.05, 0.1) is 0 Å². The summed E-state index contributed by atoms with van der Waals surface area (Å²) in [7, 11) is 0. The second-order valence-corrected chi connectivity index (χ2v) is 4.61. The molecule has 0 aliphatic heterocycles. The van der Waals surface area contributed by atoms with Gasteiger partial charge in [0.2, 0.25) is 0 Å². The highest BCUT2D eigenvalue weighted by Crippen LogP contribution is 2.61. The van der Waals surface area contributed by atoms with Crippen LogP contribution in [0.25, 0.3) is 0 Å². The van der Waals surface area contributed by atoms with Crippen molar-refractivity contribution in [3.8, 4) is 0 Å². The van der Waals surface area contributed by atoms with E-state index in [2.05, 4.69) is 0 Å². The van der Waals surface area contributed by atoms with Gasteiger partial charge in [0.15, 0.2) is 0 Å². The summed E-state index contributed by atoms with van der Waals surface area (Å²) in [5.41, 5.74) is 4.98. The number of hydrogen-bond donors (Lipinski definition) is 1. The summed E-state index contributed by atoms with van der Waals surface area (Å²) in [5, 5.41) is 0. The second kappa shape index (κ2) is 1.98. The molecule has 0 unspecified atom stereocenters. The molecule has 0 spiro atoms. The van der Waals surface area contributed by atoms with Gasteiger partial charge in [0.25, 0.3) is 0 Å². The van der Waals surface area contributed by atoms with Gasteiger partial charge >= 0.3 is 0 Å². The first-order valence-electron chi connectivity index (χ1n) is 4.47. The zero-order chi connectivity index (χ0) is 8.11. The van der Waals surface area contributed by atoms with Gasteiger partial charge in [-0.05, 0) is 50.5 Å². The number of rotatable bonds is 2. The molecule has 2 aliphatic carbocycles. The molecule has 64 valence electrons. The van der Waals surface area contributed by atoms with Gasteiger partial charge in [-0.1, -0.05) is 0 Å². The molecule has 2 heteroatoms. The van der Waals surface area contributed by atoms with Crippen LogP contribution in [0.4, 0.5) is 4.39 Å². The predicted octanol–water partition coefficient (Wildman–Crippen LogP) is 1.86. The standard InChI is InChI=1S/C9H16FN/c1-8(10)4-9(5-8,6-11)7-2-3-7/h7H,2-6,11H2,1H3. The van der Waals surface area contributed by atoms with E-state index >= 15 is 0 Å². The van der Waals surface area contributed by atoms with Gasteiger partial charge < -0.3 is 5.73 Å². The Balaban J connectivity index is 2.00. The van der Waals surface area contributed by atoms with Crippen molar-refractivity contribution in [1.82, 2.24) is 0 Å². The molecular weight excluding hydrogens is 141 g/mol. The van der Waals surface area contributed by atoms with E-state index in [-0.39, 0.29) is 5.41 Å². The fourth-order valence-electron chi connectivity index (χ4n) is 2.71. The summed E-state index contributed by atoms with van der Waals surface area (Å²) >= 11 is 0. The first-order chi connectivity index (χ1) is 5.08.